The summed E-state index contributed by atoms with van der Waals surface area (Å²) in [4.78, 5) is 19.8. The lowest BCUT2D eigenvalue weighted by Gasteiger charge is -2.40. The van der Waals surface area contributed by atoms with Gasteiger partial charge in [-0.25, -0.2) is 13.8 Å². The second-order valence-corrected chi connectivity index (χ2v) is 13.0. The van der Waals surface area contributed by atoms with Gasteiger partial charge in [-0.05, 0) is 86.9 Å². The van der Waals surface area contributed by atoms with Crippen molar-refractivity contribution < 1.29 is 13.5 Å². The molecule has 2 aromatic heterocycles. The van der Waals surface area contributed by atoms with Crippen LogP contribution in [0.15, 0.2) is 30.3 Å². The first kappa shape index (κ1) is 27.1. The maximum atomic E-state index is 17.0. The zero-order chi connectivity index (χ0) is 29.3. The molecule has 6 heterocycles. The zero-order valence-corrected chi connectivity index (χ0v) is 24.9. The fraction of sp³-hybridized carbons (Fsp3) is 0.500. The van der Waals surface area contributed by atoms with Crippen LogP contribution in [0.3, 0.4) is 0 Å². The van der Waals surface area contributed by atoms with E-state index in [1.165, 1.54) is 18.9 Å². The summed E-state index contributed by atoms with van der Waals surface area (Å²) in [5.74, 6) is -0.0403. The molecule has 0 radical (unpaired) electrons. The zero-order valence-electron chi connectivity index (χ0n) is 24.9. The van der Waals surface area contributed by atoms with E-state index in [-0.39, 0.29) is 40.5 Å². The van der Waals surface area contributed by atoms with E-state index in [4.69, 9.17) is 19.7 Å². The third-order valence-electron chi connectivity index (χ3n) is 10.6. The molecule has 3 fully saturated rings. The average molecular weight is 585 g/mol. The highest BCUT2D eigenvalue weighted by molar-refractivity contribution is 6.01. The molecule has 43 heavy (non-hydrogen) atoms. The van der Waals surface area contributed by atoms with Gasteiger partial charge in [0.25, 0.3) is 0 Å². The highest BCUT2D eigenvalue weighted by Gasteiger charge is 2.45. The molecule has 3 saturated heterocycles. The normalized spacial score (nSPS) is 23.3. The highest BCUT2D eigenvalue weighted by atomic mass is 19.1. The number of halogens is 2. The minimum absolute atomic E-state index is 0.0215. The molecule has 1 N–H and O–H groups in total. The van der Waals surface area contributed by atoms with Crippen molar-refractivity contribution in [1.29, 1.82) is 0 Å². The molecule has 224 valence electrons. The molecule has 4 aromatic rings. The summed E-state index contributed by atoms with van der Waals surface area (Å²) >= 11 is 0. The summed E-state index contributed by atoms with van der Waals surface area (Å²) < 4.78 is 38.3. The standard InChI is InChI=1S/C34H38F2N6O/c1-20-8-10-23-18-37-14-17-42(23)32-27-29(20)38-30(24-7-3-6-22-9-11-25(35)21(2)26(22)24)28(36)31(27)39-33(40-32)43-19-34-12-4-15-41(34)16-5-13-34/h3,6-7,9,11,20,23,37H,4-5,8,10,12-19H2,1-2H3/t20?,23-/m1/s1. The third-order valence-corrected chi connectivity index (χ3v) is 10.6. The Morgan fingerprint density at radius 1 is 1.00 bits per heavy atom. The Morgan fingerprint density at radius 3 is 2.67 bits per heavy atom. The number of anilines is 1. The Bertz CT molecular complexity index is 1730. The number of aryl methyl sites for hydroxylation is 1. The number of pyridine rings is 1. The number of piperazine rings is 1. The van der Waals surface area contributed by atoms with Gasteiger partial charge in [-0.2, -0.15) is 9.97 Å². The fourth-order valence-electron chi connectivity index (χ4n) is 8.24. The molecule has 2 aromatic carbocycles. The maximum Gasteiger partial charge on any atom is 0.319 e. The molecular formula is C34H38F2N6O. The summed E-state index contributed by atoms with van der Waals surface area (Å²) in [5, 5.41) is 5.73. The summed E-state index contributed by atoms with van der Waals surface area (Å²) in [5.41, 5.74) is 2.33. The van der Waals surface area contributed by atoms with Crippen LogP contribution in [0.4, 0.5) is 14.6 Å². The van der Waals surface area contributed by atoms with E-state index >= 15 is 4.39 Å². The number of hydrogen-bond donors (Lipinski definition) is 1. The molecule has 0 saturated carbocycles. The molecular weight excluding hydrogens is 546 g/mol. The van der Waals surface area contributed by atoms with Crippen LogP contribution in [0.5, 0.6) is 6.01 Å². The number of rotatable bonds is 4. The van der Waals surface area contributed by atoms with Gasteiger partial charge in [0.2, 0.25) is 0 Å². The van der Waals surface area contributed by atoms with E-state index in [2.05, 4.69) is 22.0 Å². The van der Waals surface area contributed by atoms with Crippen LogP contribution in [0, 0.1) is 18.6 Å². The molecule has 4 aliphatic heterocycles. The van der Waals surface area contributed by atoms with Crippen molar-refractivity contribution in [3.8, 4) is 17.3 Å². The van der Waals surface area contributed by atoms with Crippen LogP contribution < -0.4 is 15.0 Å². The van der Waals surface area contributed by atoms with Gasteiger partial charge >= 0.3 is 6.01 Å². The molecule has 0 spiro atoms. The third kappa shape index (κ3) is 4.30. The molecule has 0 amide bonds. The Kier molecular flexibility index (Phi) is 6.53. The number of ether oxygens (including phenoxy) is 1. The van der Waals surface area contributed by atoms with Gasteiger partial charge in [0.1, 0.15) is 29.5 Å². The molecule has 0 bridgehead atoms. The van der Waals surface area contributed by atoms with Crippen molar-refractivity contribution in [1.82, 2.24) is 25.2 Å². The SMILES string of the molecule is Cc1c(F)ccc2cccc(-c3nc4c5c(nc(OCC67CCCN6CCC7)nc5c3F)N3CCNC[C@H]3CCC4C)c12. The second kappa shape index (κ2) is 10.3. The van der Waals surface area contributed by atoms with Gasteiger partial charge in [0.15, 0.2) is 5.82 Å². The number of aromatic nitrogens is 3. The smallest absolute Gasteiger partial charge is 0.319 e. The lowest BCUT2D eigenvalue weighted by molar-refractivity contribution is 0.108. The summed E-state index contributed by atoms with van der Waals surface area (Å²) in [6.45, 7) is 9.07. The average Bonchev–Trinajstić information content (AvgIpc) is 3.61. The van der Waals surface area contributed by atoms with Gasteiger partial charge < -0.3 is 15.0 Å². The maximum absolute atomic E-state index is 17.0. The van der Waals surface area contributed by atoms with Crippen LogP contribution in [0.1, 0.15) is 62.6 Å². The molecule has 1 unspecified atom stereocenters. The van der Waals surface area contributed by atoms with Gasteiger partial charge in [0.05, 0.1) is 16.6 Å². The Hall–Kier alpha value is -3.43. The molecule has 0 aliphatic carbocycles. The molecule has 9 heteroatoms. The largest absolute Gasteiger partial charge is 0.461 e. The molecule has 4 aliphatic rings. The Morgan fingerprint density at radius 2 is 1.84 bits per heavy atom. The predicted molar refractivity (Wildman–Crippen MR) is 165 cm³/mol. The van der Waals surface area contributed by atoms with Crippen LogP contribution in [0.2, 0.25) is 0 Å². The van der Waals surface area contributed by atoms with Crippen LogP contribution in [-0.4, -0.2) is 70.8 Å². The lowest BCUT2D eigenvalue weighted by Crippen LogP contribution is -2.52. The fourth-order valence-corrected chi connectivity index (χ4v) is 8.24. The van der Waals surface area contributed by atoms with Crippen molar-refractivity contribution in [3.63, 3.8) is 0 Å². The minimum Gasteiger partial charge on any atom is -0.461 e. The minimum atomic E-state index is -0.510. The quantitative estimate of drug-likeness (QED) is 0.310. The molecule has 2 atom stereocenters. The van der Waals surface area contributed by atoms with E-state index in [9.17, 15) is 4.39 Å². The predicted octanol–water partition coefficient (Wildman–Crippen LogP) is 6.11. The second-order valence-electron chi connectivity index (χ2n) is 13.0. The van der Waals surface area contributed by atoms with Gasteiger partial charge in [-0.1, -0.05) is 31.2 Å². The Balaban J connectivity index is 1.35. The van der Waals surface area contributed by atoms with E-state index < -0.39 is 5.82 Å². The monoisotopic (exact) mass is 584 g/mol. The van der Waals surface area contributed by atoms with Crippen molar-refractivity contribution in [3.05, 3.63) is 53.2 Å². The first-order valence-corrected chi connectivity index (χ1v) is 15.9. The van der Waals surface area contributed by atoms with Crippen LogP contribution >= 0.6 is 0 Å². The van der Waals surface area contributed by atoms with Gasteiger partial charge in [0, 0.05) is 31.2 Å². The van der Waals surface area contributed by atoms with Crippen molar-refractivity contribution in [2.45, 2.75) is 69.9 Å². The first-order valence-electron chi connectivity index (χ1n) is 15.9. The van der Waals surface area contributed by atoms with Crippen molar-refractivity contribution in [2.24, 2.45) is 0 Å². The number of nitrogens with zero attached hydrogens (tertiary/aromatic N) is 5. The van der Waals surface area contributed by atoms with E-state index in [1.807, 2.05) is 18.2 Å². The van der Waals surface area contributed by atoms with E-state index in [0.29, 0.717) is 28.5 Å². The topological polar surface area (TPSA) is 66.4 Å². The number of nitrogens with one attached hydrogen (secondary N) is 1. The first-order chi connectivity index (χ1) is 20.9. The number of fused-ring (bicyclic) bond motifs is 4. The van der Waals surface area contributed by atoms with Crippen LogP contribution in [0.25, 0.3) is 32.9 Å². The summed E-state index contributed by atoms with van der Waals surface area (Å²) in [6.07, 6.45) is 6.44. The number of hydrogen-bond acceptors (Lipinski definition) is 7. The highest BCUT2D eigenvalue weighted by Crippen LogP contribution is 2.44. The summed E-state index contributed by atoms with van der Waals surface area (Å²) in [7, 11) is 0. The van der Waals surface area contributed by atoms with E-state index in [0.717, 1.165) is 75.3 Å². The lowest BCUT2D eigenvalue weighted by atomic mass is 9.90. The molecule has 7 nitrogen and oxygen atoms in total. The van der Waals surface area contributed by atoms with Crippen molar-refractivity contribution in [2.75, 3.05) is 44.2 Å². The van der Waals surface area contributed by atoms with Gasteiger partial charge in [-0.3, -0.25) is 4.90 Å². The summed E-state index contributed by atoms with van der Waals surface area (Å²) in [6, 6.07) is 9.33. The van der Waals surface area contributed by atoms with Crippen molar-refractivity contribution >= 4 is 27.5 Å². The Labute approximate surface area is 250 Å². The molecule has 8 rings (SSSR count). The van der Waals surface area contributed by atoms with Crippen LogP contribution in [-0.2, 0) is 0 Å². The van der Waals surface area contributed by atoms with E-state index in [1.54, 1.807) is 13.0 Å². The van der Waals surface area contributed by atoms with Gasteiger partial charge in [-0.15, -0.1) is 0 Å². The number of benzene rings is 2.